The van der Waals surface area contributed by atoms with Gasteiger partial charge >= 0.3 is 0 Å². The van der Waals surface area contributed by atoms with Crippen molar-refractivity contribution >= 4 is 22.6 Å². The Bertz CT molecular complexity index is 462. The predicted molar refractivity (Wildman–Crippen MR) is 57.9 cm³/mol. The van der Waals surface area contributed by atoms with Gasteiger partial charge in [-0.05, 0) is 37.1 Å². The second-order valence-electron chi connectivity index (χ2n) is 3.50. The highest BCUT2D eigenvalue weighted by Gasteiger charge is 2.08. The molecule has 1 heterocycles. The van der Waals surface area contributed by atoms with Crippen LogP contribution in [0.3, 0.4) is 0 Å². The number of nitrogens with zero attached hydrogens (tertiary/aromatic N) is 1. The molecule has 0 saturated carbocycles. The van der Waals surface area contributed by atoms with Gasteiger partial charge in [-0.1, -0.05) is 5.16 Å². The van der Waals surface area contributed by atoms with Gasteiger partial charge in [-0.2, -0.15) is 0 Å². The lowest BCUT2D eigenvalue weighted by Gasteiger charge is -1.98. The Morgan fingerprint density at radius 1 is 1.29 bits per heavy atom. The smallest absolute Gasteiger partial charge is 0.167 e. The topological polar surface area (TPSA) is 26.0 Å². The molecule has 0 amide bonds. The van der Waals surface area contributed by atoms with E-state index >= 15 is 0 Å². The molecule has 2 nitrogen and oxygen atoms in total. The Labute approximate surface area is 87.8 Å². The van der Waals surface area contributed by atoms with Crippen molar-refractivity contribution in [2.45, 2.75) is 20.3 Å². The third-order valence-electron chi connectivity index (χ3n) is 2.49. The SMILES string of the molecule is Cc1cc2onc(CCCl)c2cc1C. The van der Waals surface area contributed by atoms with E-state index in [9.17, 15) is 0 Å². The van der Waals surface area contributed by atoms with Gasteiger partial charge in [0.1, 0.15) is 0 Å². The van der Waals surface area contributed by atoms with Gasteiger partial charge in [-0.15, -0.1) is 11.6 Å². The zero-order valence-electron chi connectivity index (χ0n) is 8.30. The van der Waals surface area contributed by atoms with E-state index in [2.05, 4.69) is 25.1 Å². The molecule has 0 spiro atoms. The summed E-state index contributed by atoms with van der Waals surface area (Å²) in [5, 5.41) is 5.10. The van der Waals surface area contributed by atoms with Gasteiger partial charge in [0.15, 0.2) is 5.58 Å². The monoisotopic (exact) mass is 209 g/mol. The largest absolute Gasteiger partial charge is 0.356 e. The van der Waals surface area contributed by atoms with Crippen molar-refractivity contribution in [1.82, 2.24) is 5.16 Å². The quantitative estimate of drug-likeness (QED) is 0.710. The van der Waals surface area contributed by atoms with Gasteiger partial charge < -0.3 is 4.52 Å². The van der Waals surface area contributed by atoms with Crippen LogP contribution in [0.4, 0.5) is 0 Å². The van der Waals surface area contributed by atoms with Crippen LogP contribution in [0.15, 0.2) is 16.7 Å². The summed E-state index contributed by atoms with van der Waals surface area (Å²) >= 11 is 5.68. The molecule has 14 heavy (non-hydrogen) atoms. The third-order valence-corrected chi connectivity index (χ3v) is 2.68. The second-order valence-corrected chi connectivity index (χ2v) is 3.88. The van der Waals surface area contributed by atoms with Gasteiger partial charge in [-0.3, -0.25) is 0 Å². The number of halogens is 1. The first-order valence-corrected chi connectivity index (χ1v) is 5.17. The lowest BCUT2D eigenvalue weighted by Crippen LogP contribution is -1.87. The third kappa shape index (κ3) is 1.50. The molecule has 0 aliphatic carbocycles. The van der Waals surface area contributed by atoms with Gasteiger partial charge in [0.2, 0.25) is 0 Å². The molecule has 0 saturated heterocycles. The molecule has 3 heteroatoms. The molecular formula is C11H12ClNO. The number of fused-ring (bicyclic) bond motifs is 1. The Morgan fingerprint density at radius 2 is 2.00 bits per heavy atom. The van der Waals surface area contributed by atoms with Crippen LogP contribution in [0.5, 0.6) is 0 Å². The maximum atomic E-state index is 5.68. The Hall–Kier alpha value is -1.02. The van der Waals surface area contributed by atoms with Crippen molar-refractivity contribution in [2.75, 3.05) is 5.88 Å². The molecule has 1 aromatic heterocycles. The summed E-state index contributed by atoms with van der Waals surface area (Å²) in [6, 6.07) is 4.14. The molecule has 0 fully saturated rings. The van der Waals surface area contributed by atoms with Gasteiger partial charge in [0, 0.05) is 17.7 Å². The fraction of sp³-hybridized carbons (Fsp3) is 0.364. The fourth-order valence-electron chi connectivity index (χ4n) is 1.51. The van der Waals surface area contributed by atoms with Crippen LogP contribution < -0.4 is 0 Å². The molecule has 0 radical (unpaired) electrons. The molecule has 0 aliphatic rings. The van der Waals surface area contributed by atoms with E-state index in [0.29, 0.717) is 5.88 Å². The normalized spacial score (nSPS) is 11.1. The Balaban J connectivity index is 2.61. The van der Waals surface area contributed by atoms with Crippen molar-refractivity contribution in [1.29, 1.82) is 0 Å². The summed E-state index contributed by atoms with van der Waals surface area (Å²) in [6.45, 7) is 4.16. The van der Waals surface area contributed by atoms with Gasteiger partial charge in [0.05, 0.1) is 5.69 Å². The standard InChI is InChI=1S/C11H12ClNO/c1-7-5-9-10(3-4-12)13-14-11(9)6-8(7)2/h5-6H,3-4H2,1-2H3. The number of hydrogen-bond donors (Lipinski definition) is 0. The number of rotatable bonds is 2. The molecule has 1 aromatic carbocycles. The first-order chi connectivity index (χ1) is 6.72. The van der Waals surface area contributed by atoms with Crippen molar-refractivity contribution < 1.29 is 4.52 Å². The fourth-order valence-corrected chi connectivity index (χ4v) is 1.69. The minimum atomic E-state index is 0.578. The molecule has 0 unspecified atom stereocenters. The lowest BCUT2D eigenvalue weighted by atomic mass is 10.1. The van der Waals surface area contributed by atoms with Crippen LogP contribution in [0.25, 0.3) is 11.0 Å². The average Bonchev–Trinajstić information content (AvgIpc) is 2.51. The number of alkyl halides is 1. The van der Waals surface area contributed by atoms with Crippen molar-refractivity contribution in [2.24, 2.45) is 0 Å². The number of aryl methyl sites for hydroxylation is 3. The highest BCUT2D eigenvalue weighted by Crippen LogP contribution is 2.22. The van der Waals surface area contributed by atoms with E-state index in [1.165, 1.54) is 11.1 Å². The molecule has 0 N–H and O–H groups in total. The number of benzene rings is 1. The van der Waals surface area contributed by atoms with Crippen LogP contribution in [0.2, 0.25) is 0 Å². The number of aromatic nitrogens is 1. The van der Waals surface area contributed by atoms with Crippen LogP contribution >= 0.6 is 11.6 Å². The molecule has 2 rings (SSSR count). The summed E-state index contributed by atoms with van der Waals surface area (Å²) in [5.41, 5.74) is 4.30. The van der Waals surface area contributed by atoms with E-state index in [4.69, 9.17) is 16.1 Å². The van der Waals surface area contributed by atoms with E-state index in [1.54, 1.807) is 0 Å². The molecule has 0 bridgehead atoms. The molecule has 0 atom stereocenters. The van der Waals surface area contributed by atoms with E-state index in [-0.39, 0.29) is 0 Å². The van der Waals surface area contributed by atoms with Crippen LogP contribution in [0, 0.1) is 13.8 Å². The van der Waals surface area contributed by atoms with Crippen LogP contribution in [-0.4, -0.2) is 11.0 Å². The van der Waals surface area contributed by atoms with Gasteiger partial charge in [0.25, 0.3) is 0 Å². The van der Waals surface area contributed by atoms with Gasteiger partial charge in [-0.25, -0.2) is 0 Å². The summed E-state index contributed by atoms with van der Waals surface area (Å²) in [5.74, 6) is 0.578. The van der Waals surface area contributed by atoms with Crippen LogP contribution in [-0.2, 0) is 6.42 Å². The second kappa shape index (κ2) is 3.62. The predicted octanol–water partition coefficient (Wildman–Crippen LogP) is 3.23. The Morgan fingerprint density at radius 3 is 2.71 bits per heavy atom. The highest BCUT2D eigenvalue weighted by molar-refractivity contribution is 6.18. The molecule has 2 aromatic rings. The minimum absolute atomic E-state index is 0.578. The first kappa shape index (κ1) is 9.53. The minimum Gasteiger partial charge on any atom is -0.356 e. The molecular weight excluding hydrogens is 198 g/mol. The van der Waals surface area contributed by atoms with E-state index < -0.39 is 0 Å². The Kier molecular flexibility index (Phi) is 2.46. The zero-order chi connectivity index (χ0) is 10.1. The van der Waals surface area contributed by atoms with Crippen molar-refractivity contribution in [3.63, 3.8) is 0 Å². The number of hydrogen-bond acceptors (Lipinski definition) is 2. The summed E-state index contributed by atoms with van der Waals surface area (Å²) in [7, 11) is 0. The summed E-state index contributed by atoms with van der Waals surface area (Å²) < 4.78 is 5.23. The average molecular weight is 210 g/mol. The molecule has 74 valence electrons. The zero-order valence-corrected chi connectivity index (χ0v) is 9.06. The van der Waals surface area contributed by atoms with E-state index in [1.807, 2.05) is 6.07 Å². The first-order valence-electron chi connectivity index (χ1n) is 4.64. The van der Waals surface area contributed by atoms with E-state index in [0.717, 1.165) is 23.1 Å². The highest BCUT2D eigenvalue weighted by atomic mass is 35.5. The summed E-state index contributed by atoms with van der Waals surface area (Å²) in [4.78, 5) is 0. The van der Waals surface area contributed by atoms with Crippen molar-refractivity contribution in [3.8, 4) is 0 Å². The lowest BCUT2D eigenvalue weighted by molar-refractivity contribution is 0.447. The van der Waals surface area contributed by atoms with Crippen molar-refractivity contribution in [3.05, 3.63) is 29.0 Å². The maximum Gasteiger partial charge on any atom is 0.167 e. The van der Waals surface area contributed by atoms with Crippen LogP contribution in [0.1, 0.15) is 16.8 Å². The molecule has 0 aliphatic heterocycles. The maximum absolute atomic E-state index is 5.68. The summed E-state index contributed by atoms with van der Waals surface area (Å²) in [6.07, 6.45) is 0.761.